The van der Waals surface area contributed by atoms with Gasteiger partial charge in [-0.05, 0) is 30.9 Å². The van der Waals surface area contributed by atoms with Gasteiger partial charge in [0.1, 0.15) is 5.82 Å². The largest absolute Gasteiger partial charge is 0.342 e. The average Bonchev–Trinajstić information content (AvgIpc) is 2.79. The molecule has 78 valence electrons. The number of imidazole rings is 1. The number of aryl methyl sites for hydroxylation is 1. The summed E-state index contributed by atoms with van der Waals surface area (Å²) in [6.45, 7) is 0. The third-order valence-corrected chi connectivity index (χ3v) is 3.17. The van der Waals surface area contributed by atoms with Crippen molar-refractivity contribution >= 4 is 11.0 Å². The first-order valence-corrected chi connectivity index (χ1v) is 5.52. The third kappa shape index (κ3) is 1.75. The molecule has 1 fully saturated rings. The molecule has 0 radical (unpaired) electrons. The van der Waals surface area contributed by atoms with Gasteiger partial charge in [0.2, 0.25) is 0 Å². The molecular weight excluding hydrogens is 186 g/mol. The highest BCUT2D eigenvalue weighted by atomic mass is 14.9. The van der Waals surface area contributed by atoms with Gasteiger partial charge in [-0.25, -0.2) is 4.98 Å². The Labute approximate surface area is 88.7 Å². The Hall–Kier alpha value is -1.35. The number of aromatic nitrogens is 2. The van der Waals surface area contributed by atoms with E-state index in [0.717, 1.165) is 29.2 Å². The fourth-order valence-electron chi connectivity index (χ4n) is 2.05. The normalized spacial score (nSPS) is 24.6. The average molecular weight is 201 g/mol. The molecule has 0 aliphatic heterocycles. The standard InChI is InChI=1S/C12H15N3/c13-9-7-8(9)5-6-12-14-10-3-1-2-4-11(10)15-12/h1-4,8-9H,5-7,13H2,(H,14,15). The molecule has 0 amide bonds. The number of aromatic amines is 1. The molecule has 3 nitrogen and oxygen atoms in total. The first kappa shape index (κ1) is 8.92. The van der Waals surface area contributed by atoms with Crippen LogP contribution in [0.3, 0.4) is 0 Å². The lowest BCUT2D eigenvalue weighted by Gasteiger charge is -1.94. The second-order valence-corrected chi connectivity index (χ2v) is 4.40. The van der Waals surface area contributed by atoms with Crippen molar-refractivity contribution < 1.29 is 0 Å². The molecule has 3 N–H and O–H groups in total. The molecule has 0 saturated heterocycles. The Balaban J connectivity index is 1.74. The second-order valence-electron chi connectivity index (χ2n) is 4.40. The minimum atomic E-state index is 0.453. The number of rotatable bonds is 3. The van der Waals surface area contributed by atoms with Crippen LogP contribution in [0.5, 0.6) is 0 Å². The van der Waals surface area contributed by atoms with E-state index in [1.807, 2.05) is 18.2 Å². The van der Waals surface area contributed by atoms with Gasteiger partial charge in [-0.1, -0.05) is 12.1 Å². The van der Waals surface area contributed by atoms with Gasteiger partial charge in [0.15, 0.2) is 0 Å². The lowest BCUT2D eigenvalue weighted by Crippen LogP contribution is -2.02. The van der Waals surface area contributed by atoms with Gasteiger partial charge in [0.05, 0.1) is 11.0 Å². The van der Waals surface area contributed by atoms with Gasteiger partial charge in [-0.2, -0.15) is 0 Å². The second kappa shape index (κ2) is 3.35. The van der Waals surface area contributed by atoms with Crippen LogP contribution in [-0.4, -0.2) is 16.0 Å². The molecule has 1 aliphatic carbocycles. The molecule has 1 aliphatic rings. The molecule has 3 heteroatoms. The van der Waals surface area contributed by atoms with Gasteiger partial charge in [0.25, 0.3) is 0 Å². The fraction of sp³-hybridized carbons (Fsp3) is 0.417. The van der Waals surface area contributed by atoms with Crippen LogP contribution >= 0.6 is 0 Å². The highest BCUT2D eigenvalue weighted by Crippen LogP contribution is 2.32. The van der Waals surface area contributed by atoms with Gasteiger partial charge >= 0.3 is 0 Å². The van der Waals surface area contributed by atoms with Crippen molar-refractivity contribution in [3.8, 4) is 0 Å². The highest BCUT2D eigenvalue weighted by molar-refractivity contribution is 5.74. The summed E-state index contributed by atoms with van der Waals surface area (Å²) >= 11 is 0. The molecule has 1 heterocycles. The predicted octanol–water partition coefficient (Wildman–Crippen LogP) is 1.84. The lowest BCUT2D eigenvalue weighted by atomic mass is 10.2. The van der Waals surface area contributed by atoms with E-state index in [-0.39, 0.29) is 0 Å². The Bertz CT molecular complexity index is 441. The van der Waals surface area contributed by atoms with Crippen molar-refractivity contribution in [1.82, 2.24) is 9.97 Å². The monoisotopic (exact) mass is 201 g/mol. The zero-order valence-corrected chi connectivity index (χ0v) is 8.61. The Morgan fingerprint density at radius 3 is 2.93 bits per heavy atom. The maximum absolute atomic E-state index is 5.78. The van der Waals surface area contributed by atoms with Crippen LogP contribution in [0.4, 0.5) is 0 Å². The van der Waals surface area contributed by atoms with Gasteiger partial charge in [-0.15, -0.1) is 0 Å². The van der Waals surface area contributed by atoms with E-state index < -0.39 is 0 Å². The number of fused-ring (bicyclic) bond motifs is 1. The maximum Gasteiger partial charge on any atom is 0.107 e. The van der Waals surface area contributed by atoms with Crippen molar-refractivity contribution in [3.05, 3.63) is 30.1 Å². The minimum absolute atomic E-state index is 0.453. The van der Waals surface area contributed by atoms with E-state index in [0.29, 0.717) is 6.04 Å². The number of nitrogens with one attached hydrogen (secondary N) is 1. The fourth-order valence-corrected chi connectivity index (χ4v) is 2.05. The van der Waals surface area contributed by atoms with Crippen LogP contribution in [0, 0.1) is 5.92 Å². The zero-order chi connectivity index (χ0) is 10.3. The van der Waals surface area contributed by atoms with Crippen molar-refractivity contribution in [2.45, 2.75) is 25.3 Å². The number of benzene rings is 1. The summed E-state index contributed by atoms with van der Waals surface area (Å²) in [6.07, 6.45) is 3.38. The summed E-state index contributed by atoms with van der Waals surface area (Å²) in [7, 11) is 0. The van der Waals surface area contributed by atoms with Crippen LogP contribution in [0.15, 0.2) is 24.3 Å². The van der Waals surface area contributed by atoms with Gasteiger partial charge < -0.3 is 10.7 Å². The number of nitrogens with zero attached hydrogens (tertiary/aromatic N) is 1. The maximum atomic E-state index is 5.78. The summed E-state index contributed by atoms with van der Waals surface area (Å²) < 4.78 is 0. The third-order valence-electron chi connectivity index (χ3n) is 3.17. The SMILES string of the molecule is NC1CC1CCc1nc2ccccc2[nH]1. The van der Waals surface area contributed by atoms with Crippen LogP contribution in [0.25, 0.3) is 11.0 Å². The van der Waals surface area contributed by atoms with E-state index in [1.54, 1.807) is 0 Å². The van der Waals surface area contributed by atoms with Crippen molar-refractivity contribution in [2.24, 2.45) is 11.7 Å². The van der Waals surface area contributed by atoms with Crippen LogP contribution < -0.4 is 5.73 Å². The van der Waals surface area contributed by atoms with E-state index in [2.05, 4.69) is 16.0 Å². The van der Waals surface area contributed by atoms with Gasteiger partial charge in [-0.3, -0.25) is 0 Å². The Morgan fingerprint density at radius 1 is 1.40 bits per heavy atom. The lowest BCUT2D eigenvalue weighted by molar-refractivity contribution is 0.682. The zero-order valence-electron chi connectivity index (χ0n) is 8.61. The van der Waals surface area contributed by atoms with Crippen LogP contribution in [0.1, 0.15) is 18.7 Å². The van der Waals surface area contributed by atoms with Crippen molar-refractivity contribution in [1.29, 1.82) is 0 Å². The van der Waals surface area contributed by atoms with Crippen LogP contribution in [0.2, 0.25) is 0 Å². The van der Waals surface area contributed by atoms with E-state index in [1.165, 1.54) is 12.8 Å². The molecule has 2 atom stereocenters. The predicted molar refractivity (Wildman–Crippen MR) is 60.5 cm³/mol. The van der Waals surface area contributed by atoms with Crippen molar-refractivity contribution in [2.75, 3.05) is 0 Å². The molecular formula is C12H15N3. The number of nitrogens with two attached hydrogens (primary N) is 1. The first-order valence-electron chi connectivity index (χ1n) is 5.52. The van der Waals surface area contributed by atoms with E-state index >= 15 is 0 Å². The van der Waals surface area contributed by atoms with E-state index in [9.17, 15) is 0 Å². The molecule has 2 aromatic rings. The molecule has 1 aromatic heterocycles. The summed E-state index contributed by atoms with van der Waals surface area (Å²) in [5, 5.41) is 0. The summed E-state index contributed by atoms with van der Waals surface area (Å²) in [5.41, 5.74) is 7.97. The highest BCUT2D eigenvalue weighted by Gasteiger charge is 2.32. The molecule has 2 unspecified atom stereocenters. The van der Waals surface area contributed by atoms with Gasteiger partial charge in [0, 0.05) is 12.5 Å². The van der Waals surface area contributed by atoms with Crippen molar-refractivity contribution in [3.63, 3.8) is 0 Å². The summed E-state index contributed by atoms with van der Waals surface area (Å²) in [5.74, 6) is 1.83. The number of H-pyrrole nitrogens is 1. The Morgan fingerprint density at radius 2 is 2.20 bits per heavy atom. The number of hydrogen-bond acceptors (Lipinski definition) is 2. The molecule has 15 heavy (non-hydrogen) atoms. The number of para-hydroxylation sites is 2. The molecule has 1 saturated carbocycles. The Kier molecular flexibility index (Phi) is 1.99. The topological polar surface area (TPSA) is 54.7 Å². The first-order chi connectivity index (χ1) is 7.33. The van der Waals surface area contributed by atoms with Crippen LogP contribution in [-0.2, 0) is 6.42 Å². The number of hydrogen-bond donors (Lipinski definition) is 2. The summed E-state index contributed by atoms with van der Waals surface area (Å²) in [4.78, 5) is 7.88. The summed E-state index contributed by atoms with van der Waals surface area (Å²) in [6, 6.07) is 8.60. The smallest absolute Gasteiger partial charge is 0.107 e. The molecule has 0 bridgehead atoms. The minimum Gasteiger partial charge on any atom is -0.342 e. The van der Waals surface area contributed by atoms with E-state index in [4.69, 9.17) is 5.73 Å². The molecule has 3 rings (SSSR count). The quantitative estimate of drug-likeness (QED) is 0.796. The molecule has 1 aromatic carbocycles. The molecule has 0 spiro atoms.